The van der Waals surface area contributed by atoms with Crippen LogP contribution in [0.5, 0.6) is 0 Å². The fourth-order valence-electron chi connectivity index (χ4n) is 1.08. The van der Waals surface area contributed by atoms with Gasteiger partial charge in [-0.25, -0.2) is 0 Å². The van der Waals surface area contributed by atoms with Gasteiger partial charge in [-0.1, -0.05) is 15.9 Å². The molecule has 1 aromatic carbocycles. The molecule has 0 radical (unpaired) electrons. The van der Waals surface area contributed by atoms with Gasteiger partial charge in [0.05, 0.1) is 5.39 Å². The monoisotopic (exact) mass is 242 g/mol. The first-order valence-corrected chi connectivity index (χ1v) is 4.34. The van der Waals surface area contributed by atoms with E-state index in [0.29, 0.717) is 5.58 Å². The Labute approximate surface area is 81.1 Å². The third kappa shape index (κ3) is 1.37. The van der Waals surface area contributed by atoms with E-state index in [4.69, 9.17) is 4.42 Å². The van der Waals surface area contributed by atoms with E-state index in [0.717, 1.165) is 10.7 Å². The lowest BCUT2D eigenvalue weighted by atomic mass is 10.2. The number of benzene rings is 1. The summed E-state index contributed by atoms with van der Waals surface area (Å²) in [6.45, 7) is 0. The Balaban J connectivity index is 2.95. The second-order valence-corrected chi connectivity index (χ2v) is 3.47. The van der Waals surface area contributed by atoms with Crippen molar-refractivity contribution in [2.45, 2.75) is 0 Å². The number of fused-ring (bicyclic) bond motifs is 1. The van der Waals surface area contributed by atoms with Gasteiger partial charge in [0.25, 0.3) is 0 Å². The minimum absolute atomic E-state index is 0.253. The van der Waals surface area contributed by atoms with Gasteiger partial charge in [0, 0.05) is 4.47 Å². The van der Waals surface area contributed by atoms with Crippen molar-refractivity contribution in [1.29, 1.82) is 0 Å². The Bertz CT molecular complexity index is 518. The van der Waals surface area contributed by atoms with E-state index in [2.05, 4.69) is 15.9 Å². The van der Waals surface area contributed by atoms with E-state index in [1.807, 2.05) is 0 Å². The summed E-state index contributed by atoms with van der Waals surface area (Å²) in [4.78, 5) is 11.2. The Morgan fingerprint density at radius 3 is 2.92 bits per heavy atom. The molecular formula is C9H4BrFO2. The molecule has 0 aliphatic carbocycles. The summed E-state index contributed by atoms with van der Waals surface area (Å²) in [5.41, 5.74) is -0.255. The quantitative estimate of drug-likeness (QED) is 0.712. The van der Waals surface area contributed by atoms with Gasteiger partial charge in [-0.05, 0) is 18.2 Å². The molecule has 0 saturated carbocycles. The molecule has 4 heteroatoms. The average molecular weight is 243 g/mol. The summed E-state index contributed by atoms with van der Waals surface area (Å²) in [7, 11) is 0. The zero-order chi connectivity index (χ0) is 9.42. The van der Waals surface area contributed by atoms with Gasteiger partial charge in [-0.15, -0.1) is 0 Å². The zero-order valence-electron chi connectivity index (χ0n) is 6.38. The van der Waals surface area contributed by atoms with Crippen molar-refractivity contribution in [1.82, 2.24) is 0 Å². The van der Waals surface area contributed by atoms with Crippen molar-refractivity contribution in [3.63, 3.8) is 0 Å². The smallest absolute Gasteiger partial charge is 0.228 e. The van der Waals surface area contributed by atoms with E-state index in [9.17, 15) is 9.18 Å². The molecule has 0 bridgehead atoms. The topological polar surface area (TPSA) is 30.2 Å². The molecule has 0 spiro atoms. The highest BCUT2D eigenvalue weighted by atomic mass is 79.9. The highest BCUT2D eigenvalue weighted by molar-refractivity contribution is 9.10. The Morgan fingerprint density at radius 2 is 2.15 bits per heavy atom. The normalized spacial score (nSPS) is 10.6. The van der Waals surface area contributed by atoms with Crippen LogP contribution >= 0.6 is 15.9 Å². The second-order valence-electron chi connectivity index (χ2n) is 2.55. The van der Waals surface area contributed by atoms with Crippen molar-refractivity contribution in [2.24, 2.45) is 0 Å². The van der Waals surface area contributed by atoms with Gasteiger partial charge in [0.15, 0.2) is 0 Å². The number of hydrogen-bond acceptors (Lipinski definition) is 2. The van der Waals surface area contributed by atoms with Crippen LogP contribution in [-0.2, 0) is 0 Å². The van der Waals surface area contributed by atoms with Crippen LogP contribution in [-0.4, -0.2) is 0 Å². The van der Waals surface area contributed by atoms with E-state index in [1.165, 1.54) is 6.07 Å². The molecule has 0 atom stereocenters. The standard InChI is InChI=1S/C9H4BrFO2/c10-5-1-2-6-8(3-5)13-4-7(11)9(6)12/h1-4H. The van der Waals surface area contributed by atoms with Gasteiger partial charge < -0.3 is 4.42 Å². The molecule has 0 N–H and O–H groups in total. The van der Waals surface area contributed by atoms with Gasteiger partial charge >= 0.3 is 0 Å². The molecule has 0 amide bonds. The predicted molar refractivity (Wildman–Crippen MR) is 50.1 cm³/mol. The molecule has 0 saturated heterocycles. The fraction of sp³-hybridized carbons (Fsp3) is 0. The van der Waals surface area contributed by atoms with Crippen LogP contribution in [0, 0.1) is 5.82 Å². The van der Waals surface area contributed by atoms with E-state index in [-0.39, 0.29) is 5.39 Å². The molecule has 0 aliphatic rings. The summed E-state index contributed by atoms with van der Waals surface area (Å²) in [6.07, 6.45) is 0.817. The molecule has 0 aliphatic heterocycles. The van der Waals surface area contributed by atoms with E-state index >= 15 is 0 Å². The fourth-order valence-corrected chi connectivity index (χ4v) is 1.42. The van der Waals surface area contributed by atoms with Crippen molar-refractivity contribution in [3.8, 4) is 0 Å². The molecule has 2 nitrogen and oxygen atoms in total. The van der Waals surface area contributed by atoms with Gasteiger partial charge in [-0.3, -0.25) is 4.79 Å². The minimum Gasteiger partial charge on any atom is -0.461 e. The van der Waals surface area contributed by atoms with E-state index < -0.39 is 11.2 Å². The summed E-state index contributed by atoms with van der Waals surface area (Å²) in [6, 6.07) is 4.81. The molecule has 2 rings (SSSR count). The molecule has 66 valence electrons. The minimum atomic E-state index is -0.866. The maximum atomic E-state index is 12.7. The van der Waals surface area contributed by atoms with Crippen molar-refractivity contribution < 1.29 is 8.81 Å². The van der Waals surface area contributed by atoms with Crippen LogP contribution in [0.15, 0.2) is 38.1 Å². The lowest BCUT2D eigenvalue weighted by molar-refractivity contribution is 0.520. The van der Waals surface area contributed by atoms with E-state index in [1.54, 1.807) is 12.1 Å². The lowest BCUT2D eigenvalue weighted by Gasteiger charge is -1.96. The Morgan fingerprint density at radius 1 is 1.38 bits per heavy atom. The largest absolute Gasteiger partial charge is 0.461 e. The Kier molecular flexibility index (Phi) is 1.92. The summed E-state index contributed by atoms with van der Waals surface area (Å²) >= 11 is 3.22. The van der Waals surface area contributed by atoms with Crippen molar-refractivity contribution in [2.75, 3.05) is 0 Å². The van der Waals surface area contributed by atoms with Crippen LogP contribution in [0.2, 0.25) is 0 Å². The highest BCUT2D eigenvalue weighted by Crippen LogP contribution is 2.17. The zero-order valence-corrected chi connectivity index (χ0v) is 7.97. The van der Waals surface area contributed by atoms with Crippen LogP contribution in [0.4, 0.5) is 4.39 Å². The van der Waals surface area contributed by atoms with Crippen LogP contribution in [0.25, 0.3) is 11.0 Å². The summed E-state index contributed by atoms with van der Waals surface area (Å²) in [5.74, 6) is -0.866. The van der Waals surface area contributed by atoms with Gasteiger partial charge in [-0.2, -0.15) is 4.39 Å². The molecule has 13 heavy (non-hydrogen) atoms. The molecule has 1 aromatic heterocycles. The first-order valence-electron chi connectivity index (χ1n) is 3.55. The summed E-state index contributed by atoms with van der Waals surface area (Å²) in [5, 5.41) is 0.253. The van der Waals surface area contributed by atoms with Crippen LogP contribution in [0.1, 0.15) is 0 Å². The third-order valence-electron chi connectivity index (χ3n) is 1.69. The molecule has 2 aromatic rings. The molecule has 0 unspecified atom stereocenters. The Hall–Kier alpha value is -1.16. The van der Waals surface area contributed by atoms with Crippen LogP contribution < -0.4 is 5.43 Å². The number of rotatable bonds is 0. The van der Waals surface area contributed by atoms with Crippen molar-refractivity contribution in [3.05, 3.63) is 45.0 Å². The predicted octanol–water partition coefficient (Wildman–Crippen LogP) is 2.69. The number of halogens is 2. The highest BCUT2D eigenvalue weighted by Gasteiger charge is 2.05. The average Bonchev–Trinajstić information content (AvgIpc) is 2.12. The maximum absolute atomic E-state index is 12.7. The lowest BCUT2D eigenvalue weighted by Crippen LogP contribution is -2.05. The number of hydrogen-bond donors (Lipinski definition) is 0. The van der Waals surface area contributed by atoms with Crippen LogP contribution in [0.3, 0.4) is 0 Å². The first kappa shape index (κ1) is 8.44. The van der Waals surface area contributed by atoms with Gasteiger partial charge in [0.1, 0.15) is 11.8 Å². The molecular weight excluding hydrogens is 239 g/mol. The SMILES string of the molecule is O=c1c(F)coc2cc(Br)ccc12. The molecule has 0 fully saturated rings. The van der Waals surface area contributed by atoms with Gasteiger partial charge in [0.2, 0.25) is 11.2 Å². The molecule has 1 heterocycles. The third-order valence-corrected chi connectivity index (χ3v) is 2.19. The first-order chi connectivity index (χ1) is 6.18. The second kappa shape index (κ2) is 2.96. The van der Waals surface area contributed by atoms with Crippen molar-refractivity contribution >= 4 is 26.9 Å². The summed E-state index contributed by atoms with van der Waals surface area (Å²) < 4.78 is 18.4. The maximum Gasteiger partial charge on any atom is 0.228 e.